The van der Waals surface area contributed by atoms with Crippen molar-refractivity contribution in [2.24, 2.45) is 5.73 Å². The molecule has 2 aliphatic heterocycles. The molecule has 1 saturated heterocycles. The fourth-order valence-corrected chi connectivity index (χ4v) is 5.69. The molecule has 4 N–H and O–H groups in total. The number of likely N-dealkylation sites (tertiary alicyclic amines) is 1. The van der Waals surface area contributed by atoms with Gasteiger partial charge in [0.2, 0.25) is 5.91 Å². The summed E-state index contributed by atoms with van der Waals surface area (Å²) >= 11 is 0. The van der Waals surface area contributed by atoms with Crippen LogP contribution >= 0.6 is 0 Å². The van der Waals surface area contributed by atoms with Crippen LogP contribution in [0, 0.1) is 5.41 Å². The smallest absolute Gasteiger partial charge is 0.235 e. The van der Waals surface area contributed by atoms with Crippen LogP contribution in [0.25, 0.3) is 0 Å². The van der Waals surface area contributed by atoms with Crippen molar-refractivity contribution in [3.63, 3.8) is 0 Å². The van der Waals surface area contributed by atoms with Gasteiger partial charge in [0.05, 0.1) is 5.92 Å². The van der Waals surface area contributed by atoms with Crippen LogP contribution in [-0.2, 0) is 11.2 Å². The van der Waals surface area contributed by atoms with Crippen molar-refractivity contribution >= 4 is 17.4 Å². The summed E-state index contributed by atoms with van der Waals surface area (Å²) < 4.78 is 0. The van der Waals surface area contributed by atoms with Crippen molar-refractivity contribution < 1.29 is 9.90 Å². The molecule has 0 bridgehead atoms. The number of fused-ring (bicyclic) bond motifs is 1. The van der Waals surface area contributed by atoms with E-state index in [0.717, 1.165) is 37.1 Å². The van der Waals surface area contributed by atoms with Gasteiger partial charge in [-0.15, -0.1) is 0 Å². The van der Waals surface area contributed by atoms with Gasteiger partial charge in [0.15, 0.2) is 0 Å². The van der Waals surface area contributed by atoms with Gasteiger partial charge in [-0.05, 0) is 82.3 Å². The molecular formula is C28H38N4O2. The number of unbranched alkanes of at least 4 members (excludes halogenated alkanes) is 2. The number of hydrogen-bond acceptors (Lipinski definition) is 4. The maximum absolute atomic E-state index is 13.6. The van der Waals surface area contributed by atoms with Crippen molar-refractivity contribution in [3.8, 4) is 5.75 Å². The van der Waals surface area contributed by atoms with Crippen molar-refractivity contribution in [1.82, 2.24) is 4.90 Å². The van der Waals surface area contributed by atoms with E-state index < -0.39 is 5.92 Å². The third kappa shape index (κ3) is 5.12. The Labute approximate surface area is 203 Å². The summed E-state index contributed by atoms with van der Waals surface area (Å²) in [5.41, 5.74) is 8.82. The summed E-state index contributed by atoms with van der Waals surface area (Å²) in [4.78, 5) is 18.2. The molecule has 3 unspecified atom stereocenters. The number of para-hydroxylation sites is 1. The Kier molecular flexibility index (Phi) is 7.57. The third-order valence-corrected chi connectivity index (χ3v) is 7.66. The molecule has 6 nitrogen and oxygen atoms in total. The van der Waals surface area contributed by atoms with Gasteiger partial charge in [-0.25, -0.2) is 0 Å². The SMILES string of the molecule is CC1CCCC(C)N1CCCCCN1C(=O)C(c2cc(C(=N)N)ccc2O)Cc2ccccc21. The lowest BCUT2D eigenvalue weighted by atomic mass is 9.85. The molecule has 0 aromatic heterocycles. The van der Waals surface area contributed by atoms with Gasteiger partial charge in [-0.2, -0.15) is 0 Å². The molecule has 0 radical (unpaired) electrons. The number of amidine groups is 1. The predicted octanol–water partition coefficient (Wildman–Crippen LogP) is 4.78. The Morgan fingerprint density at radius 2 is 1.76 bits per heavy atom. The molecule has 2 aromatic carbocycles. The van der Waals surface area contributed by atoms with E-state index in [1.54, 1.807) is 12.1 Å². The number of piperidine rings is 1. The second kappa shape index (κ2) is 10.6. The van der Waals surface area contributed by atoms with Crippen LogP contribution in [0.1, 0.15) is 75.0 Å². The highest BCUT2D eigenvalue weighted by atomic mass is 16.3. The summed E-state index contributed by atoms with van der Waals surface area (Å²) in [6.45, 7) is 6.48. The summed E-state index contributed by atoms with van der Waals surface area (Å²) in [5, 5.41) is 18.3. The number of nitrogens with zero attached hydrogens (tertiary/aromatic N) is 2. The molecule has 0 saturated carbocycles. The van der Waals surface area contributed by atoms with Crippen LogP contribution in [0.15, 0.2) is 42.5 Å². The molecule has 4 rings (SSSR count). The van der Waals surface area contributed by atoms with Crippen molar-refractivity contribution in [2.75, 3.05) is 18.0 Å². The second-order valence-corrected chi connectivity index (χ2v) is 9.99. The zero-order chi connectivity index (χ0) is 24.2. The van der Waals surface area contributed by atoms with Crippen LogP contribution < -0.4 is 10.6 Å². The maximum atomic E-state index is 13.6. The number of hydrogen-bond donors (Lipinski definition) is 3. The van der Waals surface area contributed by atoms with E-state index in [1.165, 1.54) is 25.3 Å². The number of phenols is 1. The van der Waals surface area contributed by atoms with Crippen molar-refractivity contribution in [1.29, 1.82) is 5.41 Å². The van der Waals surface area contributed by atoms with E-state index in [2.05, 4.69) is 24.8 Å². The van der Waals surface area contributed by atoms with Crippen molar-refractivity contribution in [3.05, 3.63) is 59.2 Å². The average molecular weight is 463 g/mol. The number of aromatic hydroxyl groups is 1. The summed E-state index contributed by atoms with van der Waals surface area (Å²) in [7, 11) is 0. The van der Waals surface area contributed by atoms with Crippen LogP contribution in [0.3, 0.4) is 0 Å². The van der Waals surface area contributed by atoms with E-state index in [9.17, 15) is 9.90 Å². The molecule has 1 amide bonds. The van der Waals surface area contributed by atoms with E-state index in [1.807, 2.05) is 23.1 Å². The predicted molar refractivity (Wildman–Crippen MR) is 138 cm³/mol. The minimum absolute atomic E-state index is 0.00739. The van der Waals surface area contributed by atoms with Crippen LogP contribution in [0.5, 0.6) is 5.75 Å². The van der Waals surface area contributed by atoms with Gasteiger partial charge in [-0.1, -0.05) is 31.0 Å². The monoisotopic (exact) mass is 462 g/mol. The number of anilines is 1. The maximum Gasteiger partial charge on any atom is 0.235 e. The van der Waals surface area contributed by atoms with Gasteiger partial charge in [0.1, 0.15) is 11.6 Å². The molecule has 2 heterocycles. The van der Waals surface area contributed by atoms with E-state index in [-0.39, 0.29) is 17.5 Å². The number of rotatable bonds is 8. The molecule has 182 valence electrons. The number of phenolic OH excluding ortho intramolecular Hbond substituents is 1. The Morgan fingerprint density at radius 3 is 2.50 bits per heavy atom. The number of carbonyl (C=O) groups is 1. The van der Waals surface area contributed by atoms with Crippen LogP contribution in [-0.4, -0.2) is 46.9 Å². The minimum Gasteiger partial charge on any atom is -0.508 e. The van der Waals surface area contributed by atoms with Gasteiger partial charge in [0.25, 0.3) is 0 Å². The Hall–Kier alpha value is -2.86. The van der Waals surface area contributed by atoms with Crippen LogP contribution in [0.4, 0.5) is 5.69 Å². The average Bonchev–Trinajstić information content (AvgIpc) is 2.81. The Balaban J connectivity index is 1.45. The first kappa shape index (κ1) is 24.3. The molecule has 0 aliphatic carbocycles. The second-order valence-electron chi connectivity index (χ2n) is 9.99. The van der Waals surface area contributed by atoms with Gasteiger partial charge < -0.3 is 15.7 Å². The number of nitrogens with one attached hydrogen (secondary N) is 1. The zero-order valence-electron chi connectivity index (χ0n) is 20.5. The van der Waals surface area contributed by atoms with E-state index >= 15 is 0 Å². The number of carbonyl (C=O) groups excluding carboxylic acids is 1. The van der Waals surface area contributed by atoms with Crippen molar-refractivity contribution in [2.45, 2.75) is 76.8 Å². The van der Waals surface area contributed by atoms with Gasteiger partial charge in [0, 0.05) is 35.4 Å². The Bertz CT molecular complexity index is 1030. The Morgan fingerprint density at radius 1 is 1.06 bits per heavy atom. The van der Waals surface area contributed by atoms with E-state index in [0.29, 0.717) is 36.2 Å². The summed E-state index contributed by atoms with van der Waals surface area (Å²) in [5.74, 6) is -0.469. The fraction of sp³-hybridized carbons (Fsp3) is 0.500. The zero-order valence-corrected chi connectivity index (χ0v) is 20.5. The number of benzene rings is 2. The number of nitrogen functional groups attached to an aromatic ring is 1. The molecule has 2 aromatic rings. The molecular weight excluding hydrogens is 424 g/mol. The highest BCUT2D eigenvalue weighted by molar-refractivity contribution is 6.02. The normalized spacial score (nSPS) is 23.1. The van der Waals surface area contributed by atoms with Gasteiger partial charge >= 0.3 is 0 Å². The van der Waals surface area contributed by atoms with Crippen LogP contribution in [0.2, 0.25) is 0 Å². The summed E-state index contributed by atoms with van der Waals surface area (Å²) in [6, 6.07) is 14.2. The number of amides is 1. The standard InChI is InChI=1S/C28H38N4O2/c1-19-9-8-10-20(2)31(19)15-6-3-7-16-32-25-12-5-4-11-21(25)17-24(28(32)34)23-18-22(27(29)30)13-14-26(23)33/h4-5,11-14,18-20,24,33H,3,6-10,15-17H2,1-2H3,(H3,29,30). The third-order valence-electron chi connectivity index (χ3n) is 7.66. The lowest BCUT2D eigenvalue weighted by Crippen LogP contribution is -2.44. The first-order chi connectivity index (χ1) is 16.4. The highest BCUT2D eigenvalue weighted by Crippen LogP contribution is 2.39. The summed E-state index contributed by atoms with van der Waals surface area (Å²) in [6.07, 6.45) is 7.63. The topological polar surface area (TPSA) is 93.7 Å². The molecule has 2 aliphatic rings. The first-order valence-electron chi connectivity index (χ1n) is 12.7. The fourth-order valence-electron chi connectivity index (χ4n) is 5.69. The molecule has 0 spiro atoms. The molecule has 1 fully saturated rings. The molecule has 6 heteroatoms. The quantitative estimate of drug-likeness (QED) is 0.299. The molecule has 3 atom stereocenters. The minimum atomic E-state index is -0.482. The largest absolute Gasteiger partial charge is 0.508 e. The molecule has 34 heavy (non-hydrogen) atoms. The van der Waals surface area contributed by atoms with Gasteiger partial charge in [-0.3, -0.25) is 15.1 Å². The highest BCUT2D eigenvalue weighted by Gasteiger charge is 2.35. The number of nitrogens with two attached hydrogens (primary N) is 1. The van der Waals surface area contributed by atoms with E-state index in [4.69, 9.17) is 11.1 Å². The first-order valence-corrected chi connectivity index (χ1v) is 12.7. The lowest BCUT2D eigenvalue weighted by molar-refractivity contribution is -0.120. The lowest BCUT2D eigenvalue weighted by Gasteiger charge is -2.39.